The van der Waals surface area contributed by atoms with E-state index in [-0.39, 0.29) is 22.4 Å². The van der Waals surface area contributed by atoms with E-state index >= 15 is 0 Å². The van der Waals surface area contributed by atoms with Gasteiger partial charge in [0.2, 0.25) is 0 Å². The summed E-state index contributed by atoms with van der Waals surface area (Å²) < 4.78 is 0. The molecule has 4 atom stereocenters. The molecule has 17 heavy (non-hydrogen) atoms. The number of ketones is 2. The summed E-state index contributed by atoms with van der Waals surface area (Å²) in [5.74, 6) is 1.39. The van der Waals surface area contributed by atoms with E-state index in [0.29, 0.717) is 18.3 Å². The third kappa shape index (κ3) is 0.891. The largest absolute Gasteiger partial charge is 0.299 e. The highest BCUT2D eigenvalue weighted by atomic mass is 16.2. The van der Waals surface area contributed by atoms with Crippen LogP contribution in [-0.4, -0.2) is 11.6 Å². The lowest BCUT2D eigenvalue weighted by Crippen LogP contribution is -2.43. The second-order valence-electron chi connectivity index (χ2n) is 7.17. The SMILES string of the molecule is C[C@@H]1CC[C@H]2C(C)(C)C(=O)[C@]3(C)C(=O)CC[C@]123. The Bertz CT molecular complexity index is 423. The highest BCUT2D eigenvalue weighted by Crippen LogP contribution is 2.74. The molecule has 2 heteroatoms. The van der Waals surface area contributed by atoms with Crippen LogP contribution in [0.4, 0.5) is 0 Å². The van der Waals surface area contributed by atoms with Gasteiger partial charge in [-0.25, -0.2) is 0 Å². The average Bonchev–Trinajstić information content (AvgIpc) is 2.77. The standard InChI is InChI=1S/C15H22O2/c1-9-5-6-10-13(2,3)12(17)14(4)11(16)7-8-15(9,10)14/h9-10H,5-8H2,1-4H3/t9-,10+,14+,15+/m1/s1. The third-order valence-electron chi connectivity index (χ3n) is 6.55. The van der Waals surface area contributed by atoms with Crippen LogP contribution in [0.3, 0.4) is 0 Å². The molecule has 3 aliphatic carbocycles. The van der Waals surface area contributed by atoms with Crippen LogP contribution < -0.4 is 0 Å². The van der Waals surface area contributed by atoms with E-state index in [0.717, 1.165) is 12.8 Å². The fourth-order valence-electron chi connectivity index (χ4n) is 5.76. The molecule has 0 heterocycles. The van der Waals surface area contributed by atoms with Gasteiger partial charge >= 0.3 is 0 Å². The van der Waals surface area contributed by atoms with Crippen LogP contribution in [0, 0.1) is 28.1 Å². The lowest BCUT2D eigenvalue weighted by Gasteiger charge is -2.39. The Balaban J connectivity index is 2.27. The van der Waals surface area contributed by atoms with E-state index in [1.807, 2.05) is 6.92 Å². The molecule has 0 radical (unpaired) electrons. The normalized spacial score (nSPS) is 51.8. The average molecular weight is 234 g/mol. The van der Waals surface area contributed by atoms with Gasteiger partial charge in [0.15, 0.2) is 5.78 Å². The van der Waals surface area contributed by atoms with Crippen molar-refractivity contribution in [2.75, 3.05) is 0 Å². The summed E-state index contributed by atoms with van der Waals surface area (Å²) in [5.41, 5.74) is -0.975. The molecular formula is C15H22O2. The van der Waals surface area contributed by atoms with E-state index in [9.17, 15) is 9.59 Å². The summed E-state index contributed by atoms with van der Waals surface area (Å²) in [6.07, 6.45) is 3.88. The van der Waals surface area contributed by atoms with E-state index in [1.54, 1.807) is 0 Å². The van der Waals surface area contributed by atoms with Gasteiger partial charge in [-0.05, 0) is 43.4 Å². The van der Waals surface area contributed by atoms with Crippen LogP contribution >= 0.6 is 0 Å². The fraction of sp³-hybridized carbons (Fsp3) is 0.867. The summed E-state index contributed by atoms with van der Waals surface area (Å²) >= 11 is 0. The van der Waals surface area contributed by atoms with Crippen molar-refractivity contribution in [3.05, 3.63) is 0 Å². The summed E-state index contributed by atoms with van der Waals surface area (Å²) in [5, 5.41) is 0. The van der Waals surface area contributed by atoms with Gasteiger partial charge in [-0.15, -0.1) is 0 Å². The Hall–Kier alpha value is -0.660. The van der Waals surface area contributed by atoms with Crippen LogP contribution in [0.25, 0.3) is 0 Å². The zero-order valence-corrected chi connectivity index (χ0v) is 11.3. The maximum atomic E-state index is 12.8. The second kappa shape index (κ2) is 2.84. The van der Waals surface area contributed by atoms with Gasteiger partial charge in [0, 0.05) is 11.8 Å². The lowest BCUT2D eigenvalue weighted by atomic mass is 9.61. The molecule has 0 N–H and O–H groups in total. The van der Waals surface area contributed by atoms with Gasteiger partial charge in [0.1, 0.15) is 5.78 Å². The number of hydrogen-bond donors (Lipinski definition) is 0. The van der Waals surface area contributed by atoms with Crippen LogP contribution in [-0.2, 0) is 9.59 Å². The van der Waals surface area contributed by atoms with E-state index in [2.05, 4.69) is 20.8 Å². The van der Waals surface area contributed by atoms with Gasteiger partial charge in [-0.2, -0.15) is 0 Å². The van der Waals surface area contributed by atoms with Crippen molar-refractivity contribution >= 4 is 11.6 Å². The maximum Gasteiger partial charge on any atom is 0.152 e. The molecule has 0 aromatic carbocycles. The van der Waals surface area contributed by atoms with Gasteiger partial charge in [0.25, 0.3) is 0 Å². The first-order chi connectivity index (χ1) is 7.79. The van der Waals surface area contributed by atoms with E-state index in [4.69, 9.17) is 0 Å². The predicted molar refractivity (Wildman–Crippen MR) is 65.5 cm³/mol. The first kappa shape index (κ1) is 11.4. The van der Waals surface area contributed by atoms with Crippen molar-refractivity contribution in [2.24, 2.45) is 28.1 Å². The number of rotatable bonds is 0. The molecule has 3 aliphatic rings. The van der Waals surface area contributed by atoms with Crippen LogP contribution in [0.15, 0.2) is 0 Å². The molecule has 0 aliphatic heterocycles. The Kier molecular flexibility index (Phi) is 1.91. The molecule has 0 amide bonds. The predicted octanol–water partition coefficient (Wildman–Crippen LogP) is 3.00. The highest BCUT2D eigenvalue weighted by Gasteiger charge is 2.77. The molecule has 2 nitrogen and oxygen atoms in total. The molecule has 0 aromatic rings. The lowest BCUT2D eigenvalue weighted by molar-refractivity contribution is -0.142. The number of carbonyl (C=O) groups excluding carboxylic acids is 2. The quantitative estimate of drug-likeness (QED) is 0.604. The third-order valence-corrected chi connectivity index (χ3v) is 6.55. The highest BCUT2D eigenvalue weighted by molar-refractivity contribution is 6.13. The molecule has 1 spiro atoms. The van der Waals surface area contributed by atoms with Crippen molar-refractivity contribution in [3.63, 3.8) is 0 Å². The Morgan fingerprint density at radius 2 is 1.76 bits per heavy atom. The topological polar surface area (TPSA) is 34.1 Å². The molecule has 3 fully saturated rings. The Morgan fingerprint density at radius 3 is 2.41 bits per heavy atom. The number of Topliss-reactive ketones (excluding diaryl/α,β-unsaturated/α-hetero) is 2. The van der Waals surface area contributed by atoms with E-state index in [1.165, 1.54) is 6.42 Å². The van der Waals surface area contributed by atoms with E-state index < -0.39 is 5.41 Å². The molecule has 94 valence electrons. The first-order valence-electron chi connectivity index (χ1n) is 6.88. The zero-order valence-electron chi connectivity index (χ0n) is 11.3. The zero-order chi connectivity index (χ0) is 12.6. The smallest absolute Gasteiger partial charge is 0.152 e. The van der Waals surface area contributed by atoms with Crippen molar-refractivity contribution in [1.29, 1.82) is 0 Å². The molecule has 0 unspecified atom stereocenters. The summed E-state index contributed by atoms with van der Waals surface area (Å²) in [6.45, 7) is 8.34. The second-order valence-corrected chi connectivity index (χ2v) is 7.17. The van der Waals surface area contributed by atoms with Gasteiger partial charge in [0.05, 0.1) is 5.41 Å². The number of hydrogen-bond acceptors (Lipinski definition) is 2. The van der Waals surface area contributed by atoms with Gasteiger partial charge in [-0.1, -0.05) is 20.8 Å². The summed E-state index contributed by atoms with van der Waals surface area (Å²) in [4.78, 5) is 25.1. The molecule has 0 saturated heterocycles. The van der Waals surface area contributed by atoms with Gasteiger partial charge < -0.3 is 0 Å². The molecule has 0 bridgehead atoms. The number of carbonyl (C=O) groups is 2. The van der Waals surface area contributed by atoms with Crippen LogP contribution in [0.2, 0.25) is 0 Å². The summed E-state index contributed by atoms with van der Waals surface area (Å²) in [6, 6.07) is 0. The minimum absolute atomic E-state index is 0.00926. The molecule has 0 aromatic heterocycles. The monoisotopic (exact) mass is 234 g/mol. The minimum Gasteiger partial charge on any atom is -0.299 e. The molecular weight excluding hydrogens is 212 g/mol. The fourth-order valence-corrected chi connectivity index (χ4v) is 5.76. The first-order valence-corrected chi connectivity index (χ1v) is 6.88. The van der Waals surface area contributed by atoms with Crippen molar-refractivity contribution in [2.45, 2.75) is 53.4 Å². The molecule has 3 saturated carbocycles. The van der Waals surface area contributed by atoms with Gasteiger partial charge in [-0.3, -0.25) is 9.59 Å². The Labute approximate surface area is 103 Å². The van der Waals surface area contributed by atoms with Crippen molar-refractivity contribution < 1.29 is 9.59 Å². The molecule has 3 rings (SSSR count). The minimum atomic E-state index is -0.670. The maximum absolute atomic E-state index is 12.8. The summed E-state index contributed by atoms with van der Waals surface area (Å²) in [7, 11) is 0. The Morgan fingerprint density at radius 1 is 1.12 bits per heavy atom. The van der Waals surface area contributed by atoms with Crippen LogP contribution in [0.1, 0.15) is 53.4 Å². The van der Waals surface area contributed by atoms with Crippen molar-refractivity contribution in [1.82, 2.24) is 0 Å². The van der Waals surface area contributed by atoms with Crippen molar-refractivity contribution in [3.8, 4) is 0 Å². The van der Waals surface area contributed by atoms with Crippen LogP contribution in [0.5, 0.6) is 0 Å².